The van der Waals surface area contributed by atoms with Gasteiger partial charge in [0, 0.05) is 22.8 Å². The first-order valence-corrected chi connectivity index (χ1v) is 8.61. The molecule has 2 aromatic carbocycles. The van der Waals surface area contributed by atoms with Crippen molar-refractivity contribution < 1.29 is 9.53 Å². The van der Waals surface area contributed by atoms with Crippen LogP contribution in [0.5, 0.6) is 5.75 Å². The van der Waals surface area contributed by atoms with Crippen molar-refractivity contribution in [2.24, 2.45) is 0 Å². The highest BCUT2D eigenvalue weighted by Gasteiger charge is 2.17. The van der Waals surface area contributed by atoms with Gasteiger partial charge >= 0.3 is 0 Å². The van der Waals surface area contributed by atoms with E-state index in [2.05, 4.69) is 5.32 Å². The van der Waals surface area contributed by atoms with Crippen molar-refractivity contribution in [1.29, 1.82) is 0 Å². The number of aromatic nitrogens is 1. The summed E-state index contributed by atoms with van der Waals surface area (Å²) in [6.45, 7) is 8.59. The highest BCUT2D eigenvalue weighted by Crippen LogP contribution is 2.26. The van der Waals surface area contributed by atoms with Gasteiger partial charge in [-0.25, -0.2) is 0 Å². The fourth-order valence-electron chi connectivity index (χ4n) is 2.99. The third-order valence-electron chi connectivity index (χ3n) is 4.66. The van der Waals surface area contributed by atoms with Crippen LogP contribution in [0.2, 0.25) is 0 Å². The molecule has 0 radical (unpaired) electrons. The Kier molecular flexibility index (Phi) is 4.79. The topological polar surface area (TPSA) is 43.3 Å². The number of carbonyl (C=O) groups excluding carboxylic acids is 1. The van der Waals surface area contributed by atoms with Crippen LogP contribution < -0.4 is 10.1 Å². The molecule has 4 heteroatoms. The second-order valence-corrected chi connectivity index (χ2v) is 6.29. The van der Waals surface area contributed by atoms with Gasteiger partial charge in [0.1, 0.15) is 11.8 Å². The Morgan fingerprint density at radius 1 is 1.20 bits per heavy atom. The molecule has 0 bridgehead atoms. The molecule has 1 atom stereocenters. The number of fused-ring (bicyclic) bond motifs is 1. The van der Waals surface area contributed by atoms with Gasteiger partial charge in [0.05, 0.1) is 6.61 Å². The maximum Gasteiger partial charge on any atom is 0.247 e. The number of nitrogens with zero attached hydrogens (tertiary/aromatic N) is 1. The zero-order chi connectivity index (χ0) is 18.0. The number of rotatable bonds is 5. The molecule has 0 saturated heterocycles. The van der Waals surface area contributed by atoms with Gasteiger partial charge in [-0.15, -0.1) is 0 Å². The van der Waals surface area contributed by atoms with Crippen LogP contribution in [-0.4, -0.2) is 17.1 Å². The molecule has 0 fully saturated rings. The van der Waals surface area contributed by atoms with E-state index >= 15 is 0 Å². The lowest BCUT2D eigenvalue weighted by molar-refractivity contribution is -0.118. The van der Waals surface area contributed by atoms with Crippen molar-refractivity contribution in [3.8, 4) is 5.75 Å². The van der Waals surface area contributed by atoms with E-state index in [1.807, 2.05) is 80.9 Å². The molecule has 0 aliphatic rings. The van der Waals surface area contributed by atoms with Crippen molar-refractivity contribution in [1.82, 2.24) is 4.57 Å². The minimum atomic E-state index is -0.310. The van der Waals surface area contributed by atoms with E-state index < -0.39 is 0 Å². The van der Waals surface area contributed by atoms with Gasteiger partial charge in [-0.3, -0.25) is 4.79 Å². The van der Waals surface area contributed by atoms with Crippen molar-refractivity contribution in [2.75, 3.05) is 11.9 Å². The SMILES string of the molecule is CCOc1ccc2c(ccn2C(C)C(=O)Nc2cccc(C)c2C)c1. The Morgan fingerprint density at radius 2 is 2.00 bits per heavy atom. The Balaban J connectivity index is 1.85. The maximum absolute atomic E-state index is 12.7. The van der Waals surface area contributed by atoms with Crippen LogP contribution in [0.15, 0.2) is 48.7 Å². The average molecular weight is 336 g/mol. The molecular formula is C21H24N2O2. The molecule has 1 aromatic heterocycles. The Labute approximate surface area is 148 Å². The zero-order valence-corrected chi connectivity index (χ0v) is 15.2. The number of amides is 1. The molecule has 4 nitrogen and oxygen atoms in total. The van der Waals surface area contributed by atoms with Crippen molar-refractivity contribution in [3.63, 3.8) is 0 Å². The van der Waals surface area contributed by atoms with E-state index in [1.165, 1.54) is 5.56 Å². The lowest BCUT2D eigenvalue weighted by Crippen LogP contribution is -2.23. The molecule has 130 valence electrons. The Bertz CT molecular complexity index is 911. The largest absolute Gasteiger partial charge is 0.494 e. The van der Waals surface area contributed by atoms with E-state index in [1.54, 1.807) is 0 Å². The fraction of sp³-hybridized carbons (Fsp3) is 0.286. The first-order valence-electron chi connectivity index (χ1n) is 8.61. The molecule has 0 spiro atoms. The molecule has 0 aliphatic carbocycles. The van der Waals surface area contributed by atoms with Gasteiger partial charge in [0.2, 0.25) is 5.91 Å². The summed E-state index contributed by atoms with van der Waals surface area (Å²) in [5.74, 6) is 0.820. The monoisotopic (exact) mass is 336 g/mol. The molecule has 3 aromatic rings. The molecule has 1 unspecified atom stereocenters. The standard InChI is InChI=1S/C21H24N2O2/c1-5-25-18-9-10-20-17(13-18)11-12-23(20)16(4)21(24)22-19-8-6-7-14(2)15(19)3/h6-13,16H,5H2,1-4H3,(H,22,24). The number of nitrogens with one attached hydrogen (secondary N) is 1. The number of benzene rings is 2. The quantitative estimate of drug-likeness (QED) is 0.723. The van der Waals surface area contributed by atoms with E-state index in [-0.39, 0.29) is 11.9 Å². The summed E-state index contributed by atoms with van der Waals surface area (Å²) in [6, 6.07) is 13.6. The van der Waals surface area contributed by atoms with Crippen LogP contribution in [0.25, 0.3) is 10.9 Å². The van der Waals surface area contributed by atoms with Crippen LogP contribution in [0, 0.1) is 13.8 Å². The lowest BCUT2D eigenvalue weighted by Gasteiger charge is -2.17. The fourth-order valence-corrected chi connectivity index (χ4v) is 2.99. The van der Waals surface area contributed by atoms with E-state index in [0.29, 0.717) is 6.61 Å². The highest BCUT2D eigenvalue weighted by molar-refractivity contribution is 5.95. The third-order valence-corrected chi connectivity index (χ3v) is 4.66. The second kappa shape index (κ2) is 7.01. The summed E-state index contributed by atoms with van der Waals surface area (Å²) >= 11 is 0. The van der Waals surface area contributed by atoms with Gasteiger partial charge in [-0.2, -0.15) is 0 Å². The van der Waals surface area contributed by atoms with Gasteiger partial charge in [-0.1, -0.05) is 12.1 Å². The van der Waals surface area contributed by atoms with Gasteiger partial charge in [-0.05, 0) is 69.2 Å². The zero-order valence-electron chi connectivity index (χ0n) is 15.2. The molecule has 3 rings (SSSR count). The van der Waals surface area contributed by atoms with Crippen LogP contribution in [-0.2, 0) is 4.79 Å². The third kappa shape index (κ3) is 3.38. The minimum absolute atomic E-state index is 0.0277. The first kappa shape index (κ1) is 17.1. The number of hydrogen-bond donors (Lipinski definition) is 1. The number of anilines is 1. The number of aryl methyl sites for hydroxylation is 1. The predicted octanol–water partition coefficient (Wildman–Crippen LogP) is 4.86. The Hall–Kier alpha value is -2.75. The normalized spacial score (nSPS) is 12.2. The maximum atomic E-state index is 12.7. The van der Waals surface area contributed by atoms with Crippen LogP contribution in [0.4, 0.5) is 5.69 Å². The Morgan fingerprint density at radius 3 is 2.76 bits per heavy atom. The number of ether oxygens (including phenoxy) is 1. The summed E-state index contributed by atoms with van der Waals surface area (Å²) in [7, 11) is 0. The molecular weight excluding hydrogens is 312 g/mol. The summed E-state index contributed by atoms with van der Waals surface area (Å²) < 4.78 is 7.54. The van der Waals surface area contributed by atoms with Crippen molar-refractivity contribution in [2.45, 2.75) is 33.7 Å². The van der Waals surface area contributed by atoms with E-state index in [4.69, 9.17) is 4.74 Å². The first-order chi connectivity index (χ1) is 12.0. The summed E-state index contributed by atoms with van der Waals surface area (Å²) in [5, 5.41) is 4.12. The van der Waals surface area contributed by atoms with Gasteiger partial charge in [0.15, 0.2) is 0 Å². The smallest absolute Gasteiger partial charge is 0.247 e. The molecule has 0 aliphatic heterocycles. The van der Waals surface area contributed by atoms with Gasteiger partial charge in [0.25, 0.3) is 0 Å². The van der Waals surface area contributed by atoms with E-state index in [9.17, 15) is 4.79 Å². The van der Waals surface area contributed by atoms with E-state index in [0.717, 1.165) is 27.9 Å². The summed E-state index contributed by atoms with van der Waals surface area (Å²) in [4.78, 5) is 12.7. The average Bonchev–Trinajstić information content (AvgIpc) is 3.01. The van der Waals surface area contributed by atoms with Crippen LogP contribution in [0.3, 0.4) is 0 Å². The van der Waals surface area contributed by atoms with Crippen LogP contribution >= 0.6 is 0 Å². The molecule has 1 amide bonds. The van der Waals surface area contributed by atoms with Crippen LogP contribution in [0.1, 0.15) is 31.0 Å². The molecule has 1 heterocycles. The molecule has 0 saturated carbocycles. The highest BCUT2D eigenvalue weighted by atomic mass is 16.5. The summed E-state index contributed by atoms with van der Waals surface area (Å²) in [6.07, 6.45) is 1.95. The second-order valence-electron chi connectivity index (χ2n) is 6.29. The van der Waals surface area contributed by atoms with Crippen molar-refractivity contribution in [3.05, 3.63) is 59.8 Å². The molecule has 25 heavy (non-hydrogen) atoms. The summed E-state index contributed by atoms with van der Waals surface area (Å²) in [5.41, 5.74) is 4.15. The number of hydrogen-bond acceptors (Lipinski definition) is 2. The van der Waals surface area contributed by atoms with Gasteiger partial charge < -0.3 is 14.6 Å². The lowest BCUT2D eigenvalue weighted by atomic mass is 10.1. The predicted molar refractivity (Wildman–Crippen MR) is 102 cm³/mol. The number of carbonyl (C=O) groups is 1. The van der Waals surface area contributed by atoms with Crippen molar-refractivity contribution >= 4 is 22.5 Å². The molecule has 1 N–H and O–H groups in total. The minimum Gasteiger partial charge on any atom is -0.494 e.